The van der Waals surface area contributed by atoms with Gasteiger partial charge in [-0.1, -0.05) is 18.2 Å². The van der Waals surface area contributed by atoms with Crippen LogP contribution in [0, 0.1) is 5.82 Å². The molecule has 142 valence electrons. The summed E-state index contributed by atoms with van der Waals surface area (Å²) < 4.78 is 52.3. The van der Waals surface area contributed by atoms with Crippen LogP contribution in [0.1, 0.15) is 16.5 Å². The van der Waals surface area contributed by atoms with Gasteiger partial charge in [0.2, 0.25) is 10.0 Å². The minimum atomic E-state index is -3.87. The van der Waals surface area contributed by atoms with Crippen molar-refractivity contribution in [2.24, 2.45) is 0 Å². The summed E-state index contributed by atoms with van der Waals surface area (Å²) >= 11 is 1.41. The lowest BCUT2D eigenvalue weighted by Crippen LogP contribution is -2.29. The Morgan fingerprint density at radius 1 is 1.00 bits per heavy atom. The van der Waals surface area contributed by atoms with Crippen LogP contribution in [0.2, 0.25) is 0 Å². The molecule has 1 atom stereocenters. The highest BCUT2D eigenvalue weighted by Crippen LogP contribution is 2.32. The van der Waals surface area contributed by atoms with Gasteiger partial charge < -0.3 is 9.47 Å². The van der Waals surface area contributed by atoms with E-state index >= 15 is 0 Å². The first-order valence-electron chi connectivity index (χ1n) is 7.98. The van der Waals surface area contributed by atoms with E-state index in [-0.39, 0.29) is 10.7 Å². The summed E-state index contributed by atoms with van der Waals surface area (Å²) in [5.41, 5.74) is 0.642. The van der Waals surface area contributed by atoms with Crippen molar-refractivity contribution in [3.63, 3.8) is 0 Å². The van der Waals surface area contributed by atoms with Crippen molar-refractivity contribution in [3.8, 4) is 11.5 Å². The SMILES string of the molecule is COc1ccc(S(=O)(=O)N[C@@H](c2ccc(F)cc2)c2cccs2)cc1OC. The Labute approximate surface area is 161 Å². The third kappa shape index (κ3) is 4.29. The fourth-order valence-corrected chi connectivity index (χ4v) is 4.70. The van der Waals surface area contributed by atoms with Gasteiger partial charge in [-0.2, -0.15) is 4.72 Å². The first-order chi connectivity index (χ1) is 12.9. The molecule has 3 rings (SSSR count). The molecular formula is C19H18FNO4S2. The van der Waals surface area contributed by atoms with Gasteiger partial charge >= 0.3 is 0 Å². The minimum Gasteiger partial charge on any atom is -0.493 e. The van der Waals surface area contributed by atoms with Crippen molar-refractivity contribution < 1.29 is 22.3 Å². The van der Waals surface area contributed by atoms with Gasteiger partial charge in [-0.3, -0.25) is 0 Å². The number of ether oxygens (including phenoxy) is 2. The molecule has 1 aromatic heterocycles. The van der Waals surface area contributed by atoms with Crippen LogP contribution in [-0.4, -0.2) is 22.6 Å². The van der Waals surface area contributed by atoms with Crippen LogP contribution in [0.4, 0.5) is 4.39 Å². The van der Waals surface area contributed by atoms with Gasteiger partial charge in [0.15, 0.2) is 11.5 Å². The van der Waals surface area contributed by atoms with Gasteiger partial charge in [0.25, 0.3) is 0 Å². The number of rotatable bonds is 7. The second kappa shape index (κ2) is 8.08. The maximum atomic E-state index is 13.3. The highest BCUT2D eigenvalue weighted by molar-refractivity contribution is 7.89. The highest BCUT2D eigenvalue weighted by Gasteiger charge is 2.25. The van der Waals surface area contributed by atoms with Gasteiger partial charge in [0.05, 0.1) is 25.2 Å². The first-order valence-corrected chi connectivity index (χ1v) is 10.3. The third-order valence-corrected chi connectivity index (χ3v) is 6.33. The summed E-state index contributed by atoms with van der Waals surface area (Å²) in [6, 6.07) is 13.2. The average molecular weight is 407 g/mol. The van der Waals surface area contributed by atoms with Gasteiger partial charge in [-0.05, 0) is 41.3 Å². The number of thiophene rings is 1. The van der Waals surface area contributed by atoms with Crippen LogP contribution in [0.15, 0.2) is 64.9 Å². The third-order valence-electron chi connectivity index (χ3n) is 3.97. The van der Waals surface area contributed by atoms with Crippen LogP contribution >= 0.6 is 11.3 Å². The Kier molecular flexibility index (Phi) is 5.79. The molecule has 0 aliphatic heterocycles. The topological polar surface area (TPSA) is 64.6 Å². The van der Waals surface area contributed by atoms with E-state index < -0.39 is 16.1 Å². The summed E-state index contributed by atoms with van der Waals surface area (Å²) in [5.74, 6) is 0.367. The zero-order valence-electron chi connectivity index (χ0n) is 14.7. The maximum absolute atomic E-state index is 13.3. The molecule has 5 nitrogen and oxygen atoms in total. The predicted octanol–water partition coefficient (Wildman–Crippen LogP) is 3.97. The van der Waals surface area contributed by atoms with Crippen molar-refractivity contribution in [2.75, 3.05) is 14.2 Å². The van der Waals surface area contributed by atoms with Crippen molar-refractivity contribution in [2.45, 2.75) is 10.9 Å². The molecule has 2 aromatic carbocycles. The summed E-state index contributed by atoms with van der Waals surface area (Å²) in [5, 5.41) is 1.86. The standard InChI is InChI=1S/C19H18FNO4S2/c1-24-16-10-9-15(12-17(16)25-2)27(22,23)21-19(18-4-3-11-26-18)13-5-7-14(20)8-6-13/h3-12,19,21H,1-2H3/t19-/m0/s1. The first kappa shape index (κ1) is 19.3. The largest absolute Gasteiger partial charge is 0.493 e. The molecule has 0 radical (unpaired) electrons. The van der Waals surface area contributed by atoms with E-state index in [2.05, 4.69) is 4.72 Å². The predicted molar refractivity (Wildman–Crippen MR) is 102 cm³/mol. The number of nitrogens with one attached hydrogen (secondary N) is 1. The molecule has 0 unspecified atom stereocenters. The molecule has 0 amide bonds. The van der Waals surface area contributed by atoms with Crippen molar-refractivity contribution in [1.82, 2.24) is 4.72 Å². The van der Waals surface area contributed by atoms with Gasteiger partial charge in [0.1, 0.15) is 5.82 Å². The Morgan fingerprint density at radius 3 is 2.30 bits per heavy atom. The van der Waals surface area contributed by atoms with Crippen molar-refractivity contribution >= 4 is 21.4 Å². The summed E-state index contributed by atoms with van der Waals surface area (Å²) in [7, 11) is -0.957. The number of methoxy groups -OCH3 is 2. The molecule has 1 heterocycles. The Hall–Kier alpha value is -2.42. The number of hydrogen-bond donors (Lipinski definition) is 1. The molecule has 27 heavy (non-hydrogen) atoms. The fourth-order valence-electron chi connectivity index (χ4n) is 2.61. The normalized spacial score (nSPS) is 12.6. The highest BCUT2D eigenvalue weighted by atomic mass is 32.2. The van der Waals surface area contributed by atoms with E-state index in [0.717, 1.165) is 4.88 Å². The van der Waals surface area contributed by atoms with Gasteiger partial charge in [-0.25, -0.2) is 12.8 Å². The molecule has 0 aliphatic rings. The van der Waals surface area contributed by atoms with Crippen LogP contribution in [0.5, 0.6) is 11.5 Å². The fraction of sp³-hybridized carbons (Fsp3) is 0.158. The zero-order chi connectivity index (χ0) is 19.4. The lowest BCUT2D eigenvalue weighted by atomic mass is 10.1. The molecular weight excluding hydrogens is 389 g/mol. The number of sulfonamides is 1. The van der Waals surface area contributed by atoms with Gasteiger partial charge in [-0.15, -0.1) is 11.3 Å². The van der Waals surface area contributed by atoms with Crippen molar-refractivity contribution in [1.29, 1.82) is 0 Å². The monoisotopic (exact) mass is 407 g/mol. The van der Waals surface area contributed by atoms with Gasteiger partial charge in [0, 0.05) is 10.9 Å². The lowest BCUT2D eigenvalue weighted by molar-refractivity contribution is 0.354. The Morgan fingerprint density at radius 2 is 1.70 bits per heavy atom. The minimum absolute atomic E-state index is 0.0452. The van der Waals surface area contributed by atoms with Crippen molar-refractivity contribution in [3.05, 3.63) is 76.2 Å². The smallest absolute Gasteiger partial charge is 0.241 e. The average Bonchev–Trinajstić information content (AvgIpc) is 3.21. The molecule has 8 heteroatoms. The van der Waals surface area contributed by atoms with Crippen LogP contribution < -0.4 is 14.2 Å². The zero-order valence-corrected chi connectivity index (χ0v) is 16.3. The Bertz CT molecular complexity index is 1000. The molecule has 0 saturated heterocycles. The van der Waals surface area contributed by atoms with E-state index in [1.807, 2.05) is 17.5 Å². The molecule has 0 bridgehead atoms. The Balaban J connectivity index is 1.99. The molecule has 0 saturated carbocycles. The summed E-state index contributed by atoms with van der Waals surface area (Å²) in [4.78, 5) is 0.842. The van der Waals surface area contributed by atoms with Crippen LogP contribution in [0.25, 0.3) is 0 Å². The van der Waals surface area contributed by atoms with E-state index in [9.17, 15) is 12.8 Å². The molecule has 0 fully saturated rings. The number of benzene rings is 2. The maximum Gasteiger partial charge on any atom is 0.241 e. The summed E-state index contributed by atoms with van der Waals surface area (Å²) in [6.07, 6.45) is 0. The second-order valence-electron chi connectivity index (χ2n) is 5.64. The second-order valence-corrected chi connectivity index (χ2v) is 8.33. The van der Waals surface area contributed by atoms with Crippen LogP contribution in [0.3, 0.4) is 0 Å². The molecule has 1 N–H and O–H groups in total. The quantitative estimate of drug-likeness (QED) is 0.644. The van der Waals surface area contributed by atoms with E-state index in [4.69, 9.17) is 9.47 Å². The van der Waals surface area contributed by atoms with E-state index in [1.54, 1.807) is 12.1 Å². The molecule has 0 spiro atoms. The van der Waals surface area contributed by atoms with E-state index in [0.29, 0.717) is 17.1 Å². The molecule has 3 aromatic rings. The summed E-state index contributed by atoms with van der Waals surface area (Å²) in [6.45, 7) is 0. The van der Waals surface area contributed by atoms with E-state index in [1.165, 1.54) is 55.9 Å². The van der Waals surface area contributed by atoms with Crippen LogP contribution in [-0.2, 0) is 10.0 Å². The molecule has 0 aliphatic carbocycles. The number of hydrogen-bond acceptors (Lipinski definition) is 5. The lowest BCUT2D eigenvalue weighted by Gasteiger charge is -2.19. The number of halogens is 1.